The van der Waals surface area contributed by atoms with E-state index in [0.29, 0.717) is 18.8 Å². The van der Waals surface area contributed by atoms with E-state index in [1.165, 1.54) is 12.8 Å². The highest BCUT2D eigenvalue weighted by Gasteiger charge is 2.21. The number of hydrazone groups is 1. The van der Waals surface area contributed by atoms with Crippen molar-refractivity contribution in [2.75, 3.05) is 0 Å². The van der Waals surface area contributed by atoms with Crippen LogP contribution in [0.5, 0.6) is 0 Å². The number of carbonyl (C=O) groups is 2. The molecule has 0 atom stereocenters. The van der Waals surface area contributed by atoms with Crippen molar-refractivity contribution in [3.8, 4) is 0 Å². The van der Waals surface area contributed by atoms with E-state index < -0.39 is 12.0 Å². The molecule has 0 heterocycles. The van der Waals surface area contributed by atoms with Crippen LogP contribution in [-0.4, -0.2) is 22.8 Å². The van der Waals surface area contributed by atoms with Crippen LogP contribution in [0.2, 0.25) is 0 Å². The number of hydrogen-bond acceptors (Lipinski definition) is 3. The molecule has 17 heavy (non-hydrogen) atoms. The first-order valence-corrected chi connectivity index (χ1v) is 5.93. The SMILES string of the molecule is NC(=O)NN=C(CCCC(=O)O)C1CCCC1. The lowest BCUT2D eigenvalue weighted by Gasteiger charge is -2.12. The smallest absolute Gasteiger partial charge is 0.332 e. The number of rotatable bonds is 6. The molecule has 0 radical (unpaired) electrons. The molecule has 0 bridgehead atoms. The highest BCUT2D eigenvalue weighted by atomic mass is 16.4. The van der Waals surface area contributed by atoms with Crippen LogP contribution in [-0.2, 0) is 4.79 Å². The molecule has 6 heteroatoms. The van der Waals surface area contributed by atoms with E-state index in [1.54, 1.807) is 0 Å². The minimum Gasteiger partial charge on any atom is -0.481 e. The highest BCUT2D eigenvalue weighted by Crippen LogP contribution is 2.27. The van der Waals surface area contributed by atoms with Crippen molar-refractivity contribution in [2.45, 2.75) is 44.9 Å². The monoisotopic (exact) mass is 241 g/mol. The van der Waals surface area contributed by atoms with Crippen molar-refractivity contribution in [3.63, 3.8) is 0 Å². The van der Waals surface area contributed by atoms with E-state index in [9.17, 15) is 9.59 Å². The minimum absolute atomic E-state index is 0.127. The number of carbonyl (C=O) groups excluding carboxylic acids is 1. The van der Waals surface area contributed by atoms with Crippen LogP contribution in [0.4, 0.5) is 4.79 Å². The van der Waals surface area contributed by atoms with Gasteiger partial charge in [0.2, 0.25) is 0 Å². The molecular weight excluding hydrogens is 222 g/mol. The van der Waals surface area contributed by atoms with Gasteiger partial charge in [0.05, 0.1) is 0 Å². The van der Waals surface area contributed by atoms with Crippen molar-refractivity contribution in [1.29, 1.82) is 0 Å². The maximum Gasteiger partial charge on any atom is 0.332 e. The second-order valence-electron chi connectivity index (χ2n) is 4.31. The predicted octanol–water partition coefficient (Wildman–Crippen LogP) is 1.46. The fraction of sp³-hybridized carbons (Fsp3) is 0.727. The number of primary amides is 1. The van der Waals surface area contributed by atoms with Gasteiger partial charge in [-0.25, -0.2) is 10.2 Å². The first-order chi connectivity index (χ1) is 8.09. The molecule has 0 saturated heterocycles. The summed E-state index contributed by atoms with van der Waals surface area (Å²) < 4.78 is 0. The van der Waals surface area contributed by atoms with Gasteiger partial charge in [-0.15, -0.1) is 0 Å². The van der Waals surface area contributed by atoms with Gasteiger partial charge >= 0.3 is 12.0 Å². The molecule has 1 aliphatic rings. The van der Waals surface area contributed by atoms with Crippen LogP contribution in [0.3, 0.4) is 0 Å². The van der Waals surface area contributed by atoms with Crippen molar-refractivity contribution >= 4 is 17.7 Å². The van der Waals surface area contributed by atoms with E-state index in [1.807, 2.05) is 0 Å². The number of hydrogen-bond donors (Lipinski definition) is 3. The van der Waals surface area contributed by atoms with Crippen molar-refractivity contribution in [3.05, 3.63) is 0 Å². The molecule has 2 amide bonds. The molecule has 0 spiro atoms. The third-order valence-corrected chi connectivity index (χ3v) is 2.96. The normalized spacial score (nSPS) is 17.1. The molecule has 6 nitrogen and oxygen atoms in total. The molecular formula is C11H19N3O3. The van der Waals surface area contributed by atoms with Gasteiger partial charge in [0, 0.05) is 12.1 Å². The largest absolute Gasteiger partial charge is 0.481 e. The quantitative estimate of drug-likeness (QED) is 0.484. The number of aliphatic carboxylic acids is 1. The van der Waals surface area contributed by atoms with Crippen molar-refractivity contribution in [1.82, 2.24) is 5.43 Å². The molecule has 0 aromatic rings. The molecule has 1 aliphatic carbocycles. The summed E-state index contributed by atoms with van der Waals surface area (Å²) in [5.74, 6) is -0.436. The van der Waals surface area contributed by atoms with E-state index in [0.717, 1.165) is 18.6 Å². The Bertz CT molecular complexity index is 309. The maximum absolute atomic E-state index is 10.6. The van der Waals surface area contributed by atoms with Gasteiger partial charge < -0.3 is 10.8 Å². The minimum atomic E-state index is -0.807. The van der Waals surface area contributed by atoms with Crippen LogP contribution < -0.4 is 11.2 Å². The Morgan fingerprint density at radius 2 is 1.94 bits per heavy atom. The van der Waals surface area contributed by atoms with Crippen LogP contribution in [0.25, 0.3) is 0 Å². The summed E-state index contributed by atoms with van der Waals surface area (Å²) in [6.07, 6.45) is 5.74. The van der Waals surface area contributed by atoms with E-state index in [-0.39, 0.29) is 6.42 Å². The maximum atomic E-state index is 10.6. The Morgan fingerprint density at radius 3 is 2.47 bits per heavy atom. The number of carboxylic acid groups (broad SMARTS) is 1. The van der Waals surface area contributed by atoms with E-state index in [4.69, 9.17) is 10.8 Å². The van der Waals surface area contributed by atoms with Crippen molar-refractivity contribution < 1.29 is 14.7 Å². The summed E-state index contributed by atoms with van der Waals surface area (Å²) in [6, 6.07) is -0.682. The van der Waals surface area contributed by atoms with Crippen LogP contribution in [0.1, 0.15) is 44.9 Å². The number of nitrogens with two attached hydrogens (primary N) is 1. The summed E-state index contributed by atoms with van der Waals surface area (Å²) in [5.41, 5.74) is 8.08. The van der Waals surface area contributed by atoms with Gasteiger partial charge in [0.25, 0.3) is 0 Å². The second-order valence-corrected chi connectivity index (χ2v) is 4.31. The molecule has 0 unspecified atom stereocenters. The van der Waals surface area contributed by atoms with E-state index in [2.05, 4.69) is 10.5 Å². The Morgan fingerprint density at radius 1 is 1.29 bits per heavy atom. The number of carboxylic acids is 1. The molecule has 1 rings (SSSR count). The molecule has 1 saturated carbocycles. The average Bonchev–Trinajstić information content (AvgIpc) is 2.75. The van der Waals surface area contributed by atoms with Crippen LogP contribution in [0, 0.1) is 5.92 Å². The molecule has 0 aliphatic heterocycles. The summed E-state index contributed by atoms with van der Waals surface area (Å²) in [4.78, 5) is 21.0. The first kappa shape index (κ1) is 13.5. The fourth-order valence-electron chi connectivity index (χ4n) is 2.16. The molecule has 4 N–H and O–H groups in total. The lowest BCUT2D eigenvalue weighted by molar-refractivity contribution is -0.137. The number of urea groups is 1. The number of amides is 2. The van der Waals surface area contributed by atoms with Gasteiger partial charge in [-0.2, -0.15) is 5.10 Å². The fourth-order valence-corrected chi connectivity index (χ4v) is 2.16. The van der Waals surface area contributed by atoms with Gasteiger partial charge in [-0.3, -0.25) is 4.79 Å². The van der Waals surface area contributed by atoms with Gasteiger partial charge in [-0.1, -0.05) is 12.8 Å². The molecule has 1 fully saturated rings. The van der Waals surface area contributed by atoms with Crippen LogP contribution >= 0.6 is 0 Å². The Balaban J connectivity index is 2.48. The van der Waals surface area contributed by atoms with E-state index >= 15 is 0 Å². The highest BCUT2D eigenvalue weighted by molar-refractivity contribution is 5.88. The predicted molar refractivity (Wildman–Crippen MR) is 63.6 cm³/mol. The first-order valence-electron chi connectivity index (χ1n) is 5.93. The third-order valence-electron chi connectivity index (χ3n) is 2.96. The summed E-state index contributed by atoms with van der Waals surface area (Å²) in [7, 11) is 0. The zero-order valence-electron chi connectivity index (χ0n) is 9.82. The Hall–Kier alpha value is -1.59. The summed E-state index contributed by atoms with van der Waals surface area (Å²) in [6.45, 7) is 0. The molecule has 0 aromatic heterocycles. The Labute approximate surface area is 100 Å². The topological polar surface area (TPSA) is 105 Å². The van der Waals surface area contributed by atoms with Gasteiger partial charge in [0.1, 0.15) is 0 Å². The summed E-state index contributed by atoms with van der Waals surface area (Å²) in [5, 5.41) is 12.6. The third kappa shape index (κ3) is 5.33. The van der Waals surface area contributed by atoms with Crippen LogP contribution in [0.15, 0.2) is 5.10 Å². The molecule has 0 aromatic carbocycles. The lowest BCUT2D eigenvalue weighted by atomic mass is 9.97. The average molecular weight is 241 g/mol. The zero-order chi connectivity index (χ0) is 12.7. The lowest BCUT2D eigenvalue weighted by Crippen LogP contribution is -2.27. The number of nitrogens with zero attached hydrogens (tertiary/aromatic N) is 1. The summed E-state index contributed by atoms with van der Waals surface area (Å²) >= 11 is 0. The van der Waals surface area contributed by atoms with Gasteiger partial charge in [-0.05, 0) is 31.6 Å². The van der Waals surface area contributed by atoms with Crippen molar-refractivity contribution in [2.24, 2.45) is 16.8 Å². The standard InChI is InChI=1S/C11H19N3O3/c12-11(17)14-13-9(6-3-7-10(15)16)8-4-1-2-5-8/h8H,1-7H2,(H,15,16)(H3,12,14,17). The van der Waals surface area contributed by atoms with Gasteiger partial charge in [0.15, 0.2) is 0 Å². The zero-order valence-corrected chi connectivity index (χ0v) is 9.82. The second kappa shape index (κ2) is 6.88. The molecule has 96 valence electrons. The number of nitrogens with one attached hydrogen (secondary N) is 1. The Kier molecular flexibility index (Phi) is 5.45.